The van der Waals surface area contributed by atoms with Gasteiger partial charge in [0, 0.05) is 17.1 Å². The van der Waals surface area contributed by atoms with Gasteiger partial charge in [-0.25, -0.2) is 33.7 Å². The van der Waals surface area contributed by atoms with Crippen LogP contribution in [0.1, 0.15) is 0 Å². The molecule has 36 heteroatoms. The van der Waals surface area contributed by atoms with Crippen molar-refractivity contribution < 1.29 is 225 Å². The van der Waals surface area contributed by atoms with Crippen molar-refractivity contribution in [1.82, 2.24) is 15.0 Å². The van der Waals surface area contributed by atoms with Crippen molar-refractivity contribution in [2.24, 2.45) is 20.5 Å². The van der Waals surface area contributed by atoms with Gasteiger partial charge in [-0.1, -0.05) is 65.5 Å². The average molecular weight is 1260 g/mol. The Morgan fingerprint density at radius 2 is 0.740 bits per heavy atom. The summed E-state index contributed by atoms with van der Waals surface area (Å²) in [6.45, 7) is 0. The molecule has 7 aromatic carbocycles. The van der Waals surface area contributed by atoms with Gasteiger partial charge in [-0.05, 0) is 94.3 Å². The molecular weight excluding hydrogens is 1240 g/mol. The molecule has 26 nitrogen and oxygen atoms in total. The second-order valence-electron chi connectivity index (χ2n) is 14.5. The van der Waals surface area contributed by atoms with Crippen LogP contribution in [-0.4, -0.2) is 66.8 Å². The van der Waals surface area contributed by atoms with E-state index in [2.05, 4.69) is 51.4 Å². The number of aromatic nitrogens is 3. The van der Waals surface area contributed by atoms with Crippen LogP contribution in [0.25, 0.3) is 21.5 Å². The van der Waals surface area contributed by atoms with Crippen LogP contribution in [-0.2, 0) is 74.6 Å². The summed E-state index contributed by atoms with van der Waals surface area (Å²) >= 11 is 0. The van der Waals surface area contributed by atoms with Crippen molar-refractivity contribution in [3.8, 4) is 23.0 Å². The van der Waals surface area contributed by atoms with E-state index in [0.717, 1.165) is 12.1 Å². The number of fused-ring (bicyclic) bond motifs is 2. The number of nitrogens with one attached hydrogen (secondary N) is 3. The molecule has 0 amide bonds. The van der Waals surface area contributed by atoms with Crippen LogP contribution in [0.15, 0.2) is 155 Å². The van der Waals surface area contributed by atoms with Gasteiger partial charge in [-0.2, -0.15) is 25.2 Å². The van der Waals surface area contributed by atoms with Crippen molar-refractivity contribution in [3.63, 3.8) is 0 Å². The molecule has 0 atom stereocenters. The molecule has 3 N–H and O–H groups in total. The summed E-state index contributed by atoms with van der Waals surface area (Å²) in [4.78, 5) is 8.98. The Morgan fingerprint density at radius 3 is 1.08 bits per heavy atom. The molecule has 1 aromatic heterocycles. The van der Waals surface area contributed by atoms with E-state index in [1.165, 1.54) is 36.4 Å². The third-order valence-electron chi connectivity index (χ3n) is 9.73. The number of anilines is 6. The van der Waals surface area contributed by atoms with Crippen molar-refractivity contribution >= 4 is 120 Å². The van der Waals surface area contributed by atoms with Crippen LogP contribution in [0.4, 0.5) is 57.7 Å². The second-order valence-corrected chi connectivity index (χ2v) is 20.0. The zero-order valence-corrected chi connectivity index (χ0v) is 52.5. The molecule has 8 aromatic rings. The van der Waals surface area contributed by atoms with E-state index >= 15 is 0 Å². The Morgan fingerprint density at radius 1 is 0.390 bits per heavy atom. The number of hydrogen-bond acceptors (Lipinski definition) is 26. The topological polar surface area (TPSA) is 445 Å². The molecule has 0 bridgehead atoms. The molecule has 77 heavy (non-hydrogen) atoms. The maximum absolute atomic E-state index is 13.6. The third kappa shape index (κ3) is 16.8. The van der Waals surface area contributed by atoms with Gasteiger partial charge < -0.3 is 54.6 Å². The SMILES string of the molecule is O=S(=O)([O-])c1ccc([O-])c(N=Nc2c(S(=O)(=O)[O-])cc3cc(Nc4nc(Nc5ccccc5)nc(Nc5ccc6c([O-])c(N=Nc7cc(S(=O)(=O)[O-])ccc7[O-])c(S(=O)(=O)[O-])cc6c5)n4)ccc3c2[O-])c1.[Cu+2].[Cu+2].[Na+].[Na+].[Na+].[Na+]. The van der Waals surface area contributed by atoms with Crippen molar-refractivity contribution in [2.75, 3.05) is 16.0 Å². The third-order valence-corrected chi connectivity index (χ3v) is 13.1. The first-order valence-electron chi connectivity index (χ1n) is 19.3. The van der Waals surface area contributed by atoms with Crippen LogP contribution < -0.4 is 155 Å². The molecule has 0 aliphatic carbocycles. The molecule has 0 saturated carbocycles. The maximum Gasteiger partial charge on any atom is 2.00 e. The van der Waals surface area contributed by atoms with E-state index in [9.17, 15) is 72.3 Å². The van der Waals surface area contributed by atoms with E-state index in [1.54, 1.807) is 30.3 Å². The number of benzene rings is 7. The van der Waals surface area contributed by atoms with Gasteiger partial charge in [-0.3, -0.25) is 0 Å². The molecule has 2 radical (unpaired) electrons. The summed E-state index contributed by atoms with van der Waals surface area (Å²) in [6.07, 6.45) is 0. The van der Waals surface area contributed by atoms with Crippen LogP contribution in [0.3, 0.4) is 0 Å². The van der Waals surface area contributed by atoms with E-state index < -0.39 is 106 Å². The van der Waals surface area contributed by atoms with Crippen LogP contribution >= 0.6 is 0 Å². The monoisotopic (exact) mass is 1260 g/mol. The first-order chi connectivity index (χ1) is 33.3. The zero-order chi connectivity index (χ0) is 51.2. The second kappa shape index (κ2) is 27.8. The van der Waals surface area contributed by atoms with E-state index in [1.807, 2.05) is 0 Å². The summed E-state index contributed by atoms with van der Waals surface area (Å²) in [7, 11) is -21.1. The average Bonchev–Trinajstić information content (AvgIpc) is 3.28. The molecule has 0 spiro atoms. The van der Waals surface area contributed by atoms with Crippen LogP contribution in [0.2, 0.25) is 0 Å². The fraction of sp³-hybridized carbons (Fsp3) is 0. The Kier molecular flexibility index (Phi) is 25.2. The predicted octanol–water partition coefficient (Wildman–Crippen LogP) is -7.84. The molecule has 0 unspecified atom stereocenters. The summed E-state index contributed by atoms with van der Waals surface area (Å²) in [5.41, 5.74) is -2.88. The molecule has 8 rings (SSSR count). The summed E-state index contributed by atoms with van der Waals surface area (Å²) < 4.78 is 143. The van der Waals surface area contributed by atoms with Gasteiger partial charge >= 0.3 is 152 Å². The quantitative estimate of drug-likeness (QED) is 0.0517. The fourth-order valence-corrected chi connectivity index (χ4v) is 8.79. The van der Waals surface area contributed by atoms with Crippen molar-refractivity contribution in [3.05, 3.63) is 115 Å². The molecule has 382 valence electrons. The molecule has 0 saturated heterocycles. The largest absolute Gasteiger partial charge is 2.00 e. The molecule has 0 aliphatic rings. The van der Waals surface area contributed by atoms with E-state index in [0.29, 0.717) is 42.1 Å². The Hall–Kier alpha value is -3.45. The number of para-hydroxylation sites is 1. The van der Waals surface area contributed by atoms with Crippen molar-refractivity contribution in [2.45, 2.75) is 19.6 Å². The normalized spacial score (nSPS) is 11.5. The van der Waals surface area contributed by atoms with Gasteiger partial charge in [-0.15, -0.1) is 10.2 Å². The minimum atomic E-state index is -5.49. The Bertz CT molecular complexity index is 3840. The Balaban J connectivity index is 0.00000338. The molecule has 0 fully saturated rings. The smallest absolute Gasteiger partial charge is 0.871 e. The number of azo groups is 2. The van der Waals surface area contributed by atoms with Gasteiger partial charge in [0.05, 0.1) is 42.3 Å². The van der Waals surface area contributed by atoms with E-state index in [4.69, 9.17) is 0 Å². The van der Waals surface area contributed by atoms with Crippen LogP contribution in [0.5, 0.6) is 23.0 Å². The van der Waals surface area contributed by atoms with Gasteiger partial charge in [0.25, 0.3) is 0 Å². The van der Waals surface area contributed by atoms with Gasteiger partial charge in [0.2, 0.25) is 17.8 Å². The Labute approximate surface area is 546 Å². The first kappa shape index (κ1) is 69.7. The fourth-order valence-electron chi connectivity index (χ4n) is 6.52. The first-order valence-corrected chi connectivity index (χ1v) is 24.9. The summed E-state index contributed by atoms with van der Waals surface area (Å²) in [5, 5.41) is 73.8. The zero-order valence-electron chi connectivity index (χ0n) is 39.4. The standard InChI is InChI=1S/C41H30N10O16S4.2Cu.4Na/c52-31-12-8-25(68(56,57)58)18-29(31)48-50-35-33(70(62,63)64)16-20-14-23(6-10-27(20)37(35)54)43-40-45-39(42-22-4-2-1-3-5-22)46-41(47-40)44-24-7-11-28-21(15-24)17-34(71(65,66)67)36(38(28)55)51-49-30-19-26(69(59,60)61)9-13-32(30)53;;;;;;/h1-19,52-55H,(H,56,57,58)(H,59,60,61)(H,62,63,64)(H,65,66,67)(H3,42,43,44,45,46,47);;;;;;/q;2*+2;4*+1/p-8. The molecule has 0 aliphatic heterocycles. The predicted molar refractivity (Wildman–Crippen MR) is 235 cm³/mol. The summed E-state index contributed by atoms with van der Waals surface area (Å²) in [6, 6.07) is 21.5. The summed E-state index contributed by atoms with van der Waals surface area (Å²) in [5.74, 6) is -4.72. The van der Waals surface area contributed by atoms with Gasteiger partial charge in [0.15, 0.2) is 0 Å². The number of rotatable bonds is 14. The number of hydrogen-bond donors (Lipinski definition) is 3. The molecule has 1 heterocycles. The minimum Gasteiger partial charge on any atom is -0.871 e. The maximum atomic E-state index is 13.6. The van der Waals surface area contributed by atoms with Crippen LogP contribution in [0, 0.1) is 0 Å². The molecular formula is C41H22Cu2N10Na4O16S4. The minimum absolute atomic E-state index is 0. The van der Waals surface area contributed by atoms with Crippen molar-refractivity contribution in [1.29, 1.82) is 0 Å². The van der Waals surface area contributed by atoms with E-state index in [-0.39, 0.29) is 203 Å². The number of nitrogens with zero attached hydrogens (tertiary/aromatic N) is 7. The van der Waals surface area contributed by atoms with Gasteiger partial charge in [0.1, 0.15) is 40.5 Å².